The van der Waals surface area contributed by atoms with E-state index in [2.05, 4.69) is 4.72 Å². The second-order valence-corrected chi connectivity index (χ2v) is 6.00. The number of sulfonamides is 1. The third kappa shape index (κ3) is 5.39. The Hall–Kier alpha value is -1.42. The van der Waals surface area contributed by atoms with Crippen molar-refractivity contribution in [3.63, 3.8) is 0 Å². The van der Waals surface area contributed by atoms with Crippen LogP contribution in [0.3, 0.4) is 0 Å². The predicted octanol–water partition coefficient (Wildman–Crippen LogP) is 1.40. The van der Waals surface area contributed by atoms with Crippen LogP contribution in [0.1, 0.15) is 24.5 Å². The number of nitrogens with zero attached hydrogens (tertiary/aromatic N) is 1. The lowest BCUT2D eigenvalue weighted by Crippen LogP contribution is -2.38. The number of rotatable bonds is 7. The van der Waals surface area contributed by atoms with Crippen LogP contribution in [0.4, 0.5) is 0 Å². The molecule has 0 aliphatic heterocycles. The summed E-state index contributed by atoms with van der Waals surface area (Å²) in [6, 6.07) is 8.29. The number of nitrogens with one attached hydrogen (secondary N) is 1. The van der Waals surface area contributed by atoms with Gasteiger partial charge >= 0.3 is 0 Å². The molecule has 0 amide bonds. The number of hydrogen-bond donors (Lipinski definition) is 1. The molecule has 0 saturated carbocycles. The molecule has 1 aromatic rings. The summed E-state index contributed by atoms with van der Waals surface area (Å²) in [6.07, 6.45) is 0.667. The fourth-order valence-corrected chi connectivity index (χ4v) is 3.08. The van der Waals surface area contributed by atoms with Gasteiger partial charge in [-0.1, -0.05) is 19.1 Å². The van der Waals surface area contributed by atoms with Gasteiger partial charge in [0.05, 0.1) is 24.0 Å². The van der Waals surface area contributed by atoms with Crippen molar-refractivity contribution in [1.29, 1.82) is 5.26 Å². The van der Waals surface area contributed by atoms with Crippen molar-refractivity contribution >= 4 is 10.0 Å². The largest absolute Gasteiger partial charge is 0.383 e. The first-order chi connectivity index (χ1) is 9.00. The van der Waals surface area contributed by atoms with Crippen LogP contribution in [0.2, 0.25) is 0 Å². The summed E-state index contributed by atoms with van der Waals surface area (Å²) >= 11 is 0. The maximum atomic E-state index is 12.0. The first kappa shape index (κ1) is 15.6. The van der Waals surface area contributed by atoms with Crippen molar-refractivity contribution in [1.82, 2.24) is 4.72 Å². The van der Waals surface area contributed by atoms with Gasteiger partial charge < -0.3 is 4.74 Å². The lowest BCUT2D eigenvalue weighted by molar-refractivity contribution is 0.173. The molecular formula is C13H18N2O3S. The molecule has 0 fully saturated rings. The summed E-state index contributed by atoms with van der Waals surface area (Å²) in [4.78, 5) is 0. The number of nitriles is 1. The van der Waals surface area contributed by atoms with E-state index in [1.54, 1.807) is 24.3 Å². The molecule has 104 valence electrons. The molecular weight excluding hydrogens is 264 g/mol. The van der Waals surface area contributed by atoms with Crippen LogP contribution < -0.4 is 4.72 Å². The fraction of sp³-hybridized carbons (Fsp3) is 0.462. The van der Waals surface area contributed by atoms with E-state index in [9.17, 15) is 8.42 Å². The van der Waals surface area contributed by atoms with Gasteiger partial charge in [-0.3, -0.25) is 0 Å². The molecule has 0 bridgehead atoms. The van der Waals surface area contributed by atoms with E-state index in [1.807, 2.05) is 13.0 Å². The van der Waals surface area contributed by atoms with Gasteiger partial charge in [0.2, 0.25) is 10.0 Å². The fourth-order valence-electron chi connectivity index (χ4n) is 1.63. The van der Waals surface area contributed by atoms with Crippen molar-refractivity contribution in [2.24, 2.45) is 0 Å². The first-order valence-corrected chi connectivity index (χ1v) is 7.64. The van der Waals surface area contributed by atoms with E-state index >= 15 is 0 Å². The molecule has 0 heterocycles. The summed E-state index contributed by atoms with van der Waals surface area (Å²) in [5.41, 5.74) is 1.17. The van der Waals surface area contributed by atoms with Gasteiger partial charge in [0.25, 0.3) is 0 Å². The zero-order chi connectivity index (χ0) is 14.3. The quantitative estimate of drug-likeness (QED) is 0.820. The Balaban J connectivity index is 2.70. The molecule has 19 heavy (non-hydrogen) atoms. The van der Waals surface area contributed by atoms with Crippen molar-refractivity contribution in [3.8, 4) is 6.07 Å². The third-order valence-electron chi connectivity index (χ3n) is 2.65. The van der Waals surface area contributed by atoms with Crippen LogP contribution in [0.25, 0.3) is 0 Å². The Labute approximate surface area is 114 Å². The van der Waals surface area contributed by atoms with E-state index in [-0.39, 0.29) is 11.8 Å². The van der Waals surface area contributed by atoms with Gasteiger partial charge in [-0.25, -0.2) is 13.1 Å². The van der Waals surface area contributed by atoms with Crippen molar-refractivity contribution in [3.05, 3.63) is 35.4 Å². The van der Waals surface area contributed by atoms with Gasteiger partial charge in [0.1, 0.15) is 0 Å². The average molecular weight is 282 g/mol. The Morgan fingerprint density at radius 2 is 2.00 bits per heavy atom. The topological polar surface area (TPSA) is 79.2 Å². The van der Waals surface area contributed by atoms with Gasteiger partial charge in [-0.15, -0.1) is 0 Å². The number of ether oxygens (including phenoxy) is 1. The number of hydrogen-bond acceptors (Lipinski definition) is 4. The average Bonchev–Trinajstić information content (AvgIpc) is 2.38. The molecule has 1 N–H and O–H groups in total. The number of benzene rings is 1. The van der Waals surface area contributed by atoms with E-state index in [1.165, 1.54) is 7.11 Å². The standard InChI is InChI=1S/C13H18N2O3S/c1-3-13(9-18-2)15-19(16,17)10-12-6-4-11(8-14)5-7-12/h4-7,13,15H,3,9-10H2,1-2H3. The highest BCUT2D eigenvalue weighted by atomic mass is 32.2. The van der Waals surface area contributed by atoms with E-state index in [4.69, 9.17) is 10.00 Å². The molecule has 0 aliphatic rings. The van der Waals surface area contributed by atoms with Crippen LogP contribution in [-0.4, -0.2) is 28.2 Å². The molecule has 0 radical (unpaired) electrons. The zero-order valence-corrected chi connectivity index (χ0v) is 11.9. The Morgan fingerprint density at radius 3 is 2.47 bits per heavy atom. The minimum atomic E-state index is -3.40. The van der Waals surface area contributed by atoms with E-state index < -0.39 is 10.0 Å². The Kier molecular flexibility index (Phi) is 5.96. The molecule has 1 aromatic carbocycles. The number of methoxy groups -OCH3 is 1. The summed E-state index contributed by atoms with van der Waals surface area (Å²) in [5, 5.41) is 8.68. The highest BCUT2D eigenvalue weighted by Gasteiger charge is 2.17. The van der Waals surface area contributed by atoms with Crippen LogP contribution in [0, 0.1) is 11.3 Å². The van der Waals surface area contributed by atoms with Gasteiger partial charge in [0, 0.05) is 13.2 Å². The normalized spacial score (nSPS) is 12.9. The predicted molar refractivity (Wildman–Crippen MR) is 72.9 cm³/mol. The second-order valence-electron chi connectivity index (χ2n) is 4.25. The van der Waals surface area contributed by atoms with Crippen LogP contribution in [0.15, 0.2) is 24.3 Å². The molecule has 1 unspecified atom stereocenters. The molecule has 1 rings (SSSR count). The molecule has 0 spiro atoms. The Morgan fingerprint density at radius 1 is 1.37 bits per heavy atom. The minimum absolute atomic E-state index is 0.0983. The summed E-state index contributed by atoms with van der Waals surface area (Å²) < 4.78 is 31.5. The van der Waals surface area contributed by atoms with Crippen LogP contribution in [0.5, 0.6) is 0 Å². The second kappa shape index (κ2) is 7.24. The zero-order valence-electron chi connectivity index (χ0n) is 11.1. The summed E-state index contributed by atoms with van der Waals surface area (Å²) in [7, 11) is -1.86. The van der Waals surface area contributed by atoms with E-state index in [0.29, 0.717) is 24.2 Å². The van der Waals surface area contributed by atoms with Gasteiger partial charge in [-0.05, 0) is 24.1 Å². The molecule has 5 nitrogen and oxygen atoms in total. The SMILES string of the molecule is CCC(COC)NS(=O)(=O)Cc1ccc(C#N)cc1. The first-order valence-electron chi connectivity index (χ1n) is 5.98. The monoisotopic (exact) mass is 282 g/mol. The minimum Gasteiger partial charge on any atom is -0.383 e. The van der Waals surface area contributed by atoms with Crippen LogP contribution >= 0.6 is 0 Å². The summed E-state index contributed by atoms with van der Waals surface area (Å²) in [6.45, 7) is 2.25. The molecule has 0 saturated heterocycles. The van der Waals surface area contributed by atoms with E-state index in [0.717, 1.165) is 0 Å². The van der Waals surface area contributed by atoms with Crippen molar-refractivity contribution in [2.45, 2.75) is 25.1 Å². The van der Waals surface area contributed by atoms with Crippen molar-refractivity contribution in [2.75, 3.05) is 13.7 Å². The molecule has 1 atom stereocenters. The van der Waals surface area contributed by atoms with Gasteiger partial charge in [0.15, 0.2) is 0 Å². The van der Waals surface area contributed by atoms with Crippen LogP contribution in [-0.2, 0) is 20.5 Å². The highest BCUT2D eigenvalue weighted by molar-refractivity contribution is 7.88. The lowest BCUT2D eigenvalue weighted by atomic mass is 10.2. The smallest absolute Gasteiger partial charge is 0.216 e. The third-order valence-corrected chi connectivity index (χ3v) is 4.05. The molecule has 6 heteroatoms. The van der Waals surface area contributed by atoms with Gasteiger partial charge in [-0.2, -0.15) is 5.26 Å². The lowest BCUT2D eigenvalue weighted by Gasteiger charge is -2.16. The Bertz CT molecular complexity index is 532. The maximum Gasteiger partial charge on any atom is 0.216 e. The van der Waals surface area contributed by atoms with Crippen molar-refractivity contribution < 1.29 is 13.2 Å². The summed E-state index contributed by atoms with van der Waals surface area (Å²) in [5.74, 6) is -0.0983. The highest BCUT2D eigenvalue weighted by Crippen LogP contribution is 2.08. The molecule has 0 aromatic heterocycles. The maximum absolute atomic E-state index is 12.0. The molecule has 0 aliphatic carbocycles.